The van der Waals surface area contributed by atoms with Gasteiger partial charge in [0.05, 0.1) is 6.61 Å². The monoisotopic (exact) mass is 314 g/mol. The Morgan fingerprint density at radius 1 is 0.667 bits per heavy atom. The topological polar surface area (TPSA) is 9.23 Å². The van der Waals surface area contributed by atoms with E-state index in [2.05, 4.69) is 84.9 Å². The van der Waals surface area contributed by atoms with Gasteiger partial charge in [0.15, 0.2) is 0 Å². The molecule has 0 radical (unpaired) electrons. The van der Waals surface area contributed by atoms with Gasteiger partial charge in [-0.2, -0.15) is 0 Å². The van der Waals surface area contributed by atoms with Gasteiger partial charge in [0.2, 0.25) is 0 Å². The average Bonchev–Trinajstić information content (AvgIpc) is 2.64. The zero-order valence-electron chi connectivity index (χ0n) is 14.2. The predicted octanol–water partition coefficient (Wildman–Crippen LogP) is 6.20. The molecule has 24 heavy (non-hydrogen) atoms. The third-order valence-corrected chi connectivity index (χ3v) is 4.09. The quantitative estimate of drug-likeness (QED) is 0.545. The molecule has 1 heteroatoms. The molecule has 0 saturated carbocycles. The van der Waals surface area contributed by atoms with Gasteiger partial charge in [0, 0.05) is 7.11 Å². The zero-order valence-corrected chi connectivity index (χ0v) is 14.2. The Balaban J connectivity index is 1.79. The van der Waals surface area contributed by atoms with Gasteiger partial charge < -0.3 is 4.74 Å². The number of hydrogen-bond donors (Lipinski definition) is 0. The van der Waals surface area contributed by atoms with E-state index in [4.69, 9.17) is 4.74 Å². The summed E-state index contributed by atoms with van der Waals surface area (Å²) < 4.78 is 5.16. The van der Waals surface area contributed by atoms with Crippen LogP contribution in [0.2, 0.25) is 0 Å². The largest absolute Gasteiger partial charge is 0.380 e. The maximum absolute atomic E-state index is 5.16. The standard InChI is InChI=1S/C23H22O/c1-3-4-18-5-9-20(10-6-18)22-13-15-23(16-14-22)21-11-7-19(8-12-21)17-24-2/h3-16H,17H2,1-2H3/b4-3-. The van der Waals surface area contributed by atoms with Gasteiger partial charge in [-0.15, -0.1) is 0 Å². The van der Waals surface area contributed by atoms with Crippen LogP contribution >= 0.6 is 0 Å². The van der Waals surface area contributed by atoms with E-state index in [-0.39, 0.29) is 0 Å². The molecule has 0 unspecified atom stereocenters. The third kappa shape index (κ3) is 3.81. The van der Waals surface area contributed by atoms with E-state index < -0.39 is 0 Å². The fourth-order valence-electron chi connectivity index (χ4n) is 2.79. The molecule has 0 aliphatic heterocycles. The number of hydrogen-bond acceptors (Lipinski definition) is 1. The van der Waals surface area contributed by atoms with Gasteiger partial charge in [-0.3, -0.25) is 0 Å². The van der Waals surface area contributed by atoms with Crippen LogP contribution in [0, 0.1) is 0 Å². The van der Waals surface area contributed by atoms with Crippen LogP contribution in [0.25, 0.3) is 28.3 Å². The van der Waals surface area contributed by atoms with Crippen molar-refractivity contribution in [2.24, 2.45) is 0 Å². The molecule has 0 bridgehead atoms. The summed E-state index contributed by atoms with van der Waals surface area (Å²) in [6, 6.07) is 25.9. The van der Waals surface area contributed by atoms with E-state index in [0.29, 0.717) is 6.61 Å². The van der Waals surface area contributed by atoms with Crippen LogP contribution in [0.3, 0.4) is 0 Å². The Hall–Kier alpha value is -2.64. The first-order valence-corrected chi connectivity index (χ1v) is 8.21. The number of methoxy groups -OCH3 is 1. The van der Waals surface area contributed by atoms with Crippen molar-refractivity contribution in [2.45, 2.75) is 13.5 Å². The van der Waals surface area contributed by atoms with Crippen LogP contribution in [0.1, 0.15) is 18.1 Å². The SMILES string of the molecule is C/C=C\c1ccc(-c2ccc(-c3ccc(COC)cc3)cc2)cc1. The Labute approximate surface area is 144 Å². The second-order valence-electron chi connectivity index (χ2n) is 5.83. The molecule has 3 aromatic carbocycles. The highest BCUT2D eigenvalue weighted by molar-refractivity contribution is 5.71. The number of ether oxygens (including phenoxy) is 1. The molecule has 0 aliphatic rings. The fraction of sp³-hybridized carbons (Fsp3) is 0.130. The number of benzene rings is 3. The highest BCUT2D eigenvalue weighted by Crippen LogP contribution is 2.25. The Bertz CT molecular complexity index is 794. The van der Waals surface area contributed by atoms with E-state index in [0.717, 1.165) is 0 Å². The highest BCUT2D eigenvalue weighted by atomic mass is 16.5. The van der Waals surface area contributed by atoms with Gasteiger partial charge in [0.1, 0.15) is 0 Å². The molecule has 0 fully saturated rings. The summed E-state index contributed by atoms with van der Waals surface area (Å²) >= 11 is 0. The van der Waals surface area contributed by atoms with E-state index in [1.165, 1.54) is 33.4 Å². The first-order chi connectivity index (χ1) is 11.8. The molecule has 3 rings (SSSR count). The van der Waals surface area contributed by atoms with Crippen LogP contribution < -0.4 is 0 Å². The normalized spacial score (nSPS) is 11.1. The van der Waals surface area contributed by atoms with E-state index >= 15 is 0 Å². The molecular formula is C23H22O. The third-order valence-electron chi connectivity index (χ3n) is 4.09. The summed E-state index contributed by atoms with van der Waals surface area (Å²) in [5.41, 5.74) is 7.36. The van der Waals surface area contributed by atoms with Crippen molar-refractivity contribution in [3.05, 3.63) is 90.0 Å². The summed E-state index contributed by atoms with van der Waals surface area (Å²) in [5.74, 6) is 0. The Morgan fingerprint density at radius 2 is 1.08 bits per heavy atom. The van der Waals surface area contributed by atoms with Gasteiger partial charge in [0.25, 0.3) is 0 Å². The summed E-state index contributed by atoms with van der Waals surface area (Å²) in [4.78, 5) is 0. The van der Waals surface area contributed by atoms with Crippen molar-refractivity contribution in [2.75, 3.05) is 7.11 Å². The van der Waals surface area contributed by atoms with Crippen molar-refractivity contribution < 1.29 is 4.74 Å². The molecule has 0 saturated heterocycles. The summed E-state index contributed by atoms with van der Waals surface area (Å²) in [6.07, 6.45) is 4.17. The Morgan fingerprint density at radius 3 is 1.50 bits per heavy atom. The van der Waals surface area contributed by atoms with E-state index in [1.54, 1.807) is 7.11 Å². The van der Waals surface area contributed by atoms with Crippen LogP contribution in [0.4, 0.5) is 0 Å². The smallest absolute Gasteiger partial charge is 0.0713 e. The van der Waals surface area contributed by atoms with Gasteiger partial charge in [-0.1, -0.05) is 84.9 Å². The second kappa shape index (κ2) is 7.76. The predicted molar refractivity (Wildman–Crippen MR) is 103 cm³/mol. The summed E-state index contributed by atoms with van der Waals surface area (Å²) in [6.45, 7) is 2.69. The minimum Gasteiger partial charge on any atom is -0.380 e. The first kappa shape index (κ1) is 16.2. The van der Waals surface area contributed by atoms with Crippen molar-refractivity contribution >= 4 is 6.08 Å². The minimum atomic E-state index is 0.655. The Kier molecular flexibility index (Phi) is 5.25. The van der Waals surface area contributed by atoms with Crippen molar-refractivity contribution in [3.8, 4) is 22.3 Å². The van der Waals surface area contributed by atoms with Crippen LogP contribution in [0.5, 0.6) is 0 Å². The molecule has 0 spiro atoms. The van der Waals surface area contributed by atoms with Gasteiger partial charge in [-0.05, 0) is 40.3 Å². The van der Waals surface area contributed by atoms with Crippen molar-refractivity contribution in [1.29, 1.82) is 0 Å². The fourth-order valence-corrected chi connectivity index (χ4v) is 2.79. The first-order valence-electron chi connectivity index (χ1n) is 8.21. The van der Waals surface area contributed by atoms with Gasteiger partial charge >= 0.3 is 0 Å². The summed E-state index contributed by atoms with van der Waals surface area (Å²) in [5, 5.41) is 0. The van der Waals surface area contributed by atoms with Crippen molar-refractivity contribution in [1.82, 2.24) is 0 Å². The molecule has 0 N–H and O–H groups in total. The van der Waals surface area contributed by atoms with E-state index in [1.807, 2.05) is 6.92 Å². The lowest BCUT2D eigenvalue weighted by atomic mass is 9.99. The lowest BCUT2D eigenvalue weighted by Gasteiger charge is -2.07. The molecule has 120 valence electrons. The molecule has 1 nitrogen and oxygen atoms in total. The zero-order chi connectivity index (χ0) is 16.8. The number of allylic oxidation sites excluding steroid dienone is 1. The van der Waals surface area contributed by atoms with Gasteiger partial charge in [-0.25, -0.2) is 0 Å². The van der Waals surface area contributed by atoms with Crippen LogP contribution in [-0.4, -0.2) is 7.11 Å². The summed E-state index contributed by atoms with van der Waals surface area (Å²) in [7, 11) is 1.72. The minimum absolute atomic E-state index is 0.655. The lowest BCUT2D eigenvalue weighted by Crippen LogP contribution is -1.87. The van der Waals surface area contributed by atoms with Crippen LogP contribution in [0.15, 0.2) is 78.9 Å². The lowest BCUT2D eigenvalue weighted by molar-refractivity contribution is 0.185. The molecular weight excluding hydrogens is 292 g/mol. The second-order valence-corrected chi connectivity index (χ2v) is 5.83. The van der Waals surface area contributed by atoms with Crippen molar-refractivity contribution in [3.63, 3.8) is 0 Å². The molecule has 0 amide bonds. The molecule has 0 heterocycles. The molecule has 0 aliphatic carbocycles. The highest BCUT2D eigenvalue weighted by Gasteiger charge is 2.01. The number of rotatable bonds is 5. The maximum atomic E-state index is 5.16. The average molecular weight is 314 g/mol. The van der Waals surface area contributed by atoms with E-state index in [9.17, 15) is 0 Å². The molecule has 3 aromatic rings. The molecule has 0 atom stereocenters. The molecule has 0 aromatic heterocycles. The maximum Gasteiger partial charge on any atom is 0.0713 e. The van der Waals surface area contributed by atoms with Crippen LogP contribution in [-0.2, 0) is 11.3 Å².